The number of carbonyl (C=O) groups is 2. The van der Waals surface area contributed by atoms with E-state index in [-0.39, 0.29) is 13.0 Å². The molecule has 2 saturated heterocycles. The van der Waals surface area contributed by atoms with Crippen molar-refractivity contribution in [3.05, 3.63) is 0 Å². The Labute approximate surface area is 124 Å². The second-order valence-electron chi connectivity index (χ2n) is 4.95. The fraction of sp³-hybridized carbons (Fsp3) is 0.818. The molecule has 0 spiro atoms. The van der Waals surface area contributed by atoms with Gasteiger partial charge in [0.25, 0.3) is 0 Å². The molecule has 3 N–H and O–H groups in total. The summed E-state index contributed by atoms with van der Waals surface area (Å²) in [7, 11) is 1.37. The summed E-state index contributed by atoms with van der Waals surface area (Å²) in [6.07, 6.45) is -3.18. The third-order valence-electron chi connectivity index (χ3n) is 3.53. The van der Waals surface area contributed by atoms with Crippen LogP contribution in [0.2, 0.25) is 0 Å². The van der Waals surface area contributed by atoms with Gasteiger partial charge in [-0.2, -0.15) is 0 Å². The van der Waals surface area contributed by atoms with Crippen LogP contribution in [0.15, 0.2) is 0 Å². The molecule has 114 valence electrons. The second-order valence-corrected chi connectivity index (χ2v) is 6.59. The Morgan fingerprint density at radius 2 is 2.25 bits per heavy atom. The highest BCUT2D eigenvalue weighted by Gasteiger charge is 2.54. The predicted octanol–water partition coefficient (Wildman–Crippen LogP) is -0.867. The zero-order chi connectivity index (χ0) is 15.1. The van der Waals surface area contributed by atoms with Gasteiger partial charge in [0, 0.05) is 13.5 Å². The van der Waals surface area contributed by atoms with Gasteiger partial charge in [-0.25, -0.2) is 4.79 Å². The van der Waals surface area contributed by atoms with Gasteiger partial charge in [0.2, 0.25) is 5.91 Å². The minimum Gasteiger partial charge on any atom is -0.394 e. The van der Waals surface area contributed by atoms with Crippen molar-refractivity contribution in [2.45, 2.75) is 42.3 Å². The summed E-state index contributed by atoms with van der Waals surface area (Å²) in [6.45, 7) is 1.22. The fourth-order valence-corrected chi connectivity index (χ4v) is 2.94. The van der Waals surface area contributed by atoms with E-state index in [4.69, 9.17) is 14.6 Å². The maximum atomic E-state index is 12.0. The molecule has 5 atom stereocenters. The van der Waals surface area contributed by atoms with Crippen LogP contribution in [0.4, 0.5) is 4.79 Å². The Morgan fingerprint density at radius 3 is 2.75 bits per heavy atom. The molecular weight excluding hydrogens is 336 g/mol. The number of hydrogen-bond donors (Lipinski definition) is 3. The largest absolute Gasteiger partial charge is 0.394 e. The van der Waals surface area contributed by atoms with Crippen molar-refractivity contribution < 1.29 is 29.3 Å². The molecule has 0 bridgehead atoms. The maximum absolute atomic E-state index is 12.0. The van der Waals surface area contributed by atoms with Crippen molar-refractivity contribution in [2.24, 2.45) is 0 Å². The van der Waals surface area contributed by atoms with E-state index in [1.807, 2.05) is 0 Å². The number of hydrogen-bond acceptors (Lipinski definition) is 6. The number of aliphatic hydroxyl groups excluding tert-OH is 2. The zero-order valence-electron chi connectivity index (χ0n) is 11.1. The second kappa shape index (κ2) is 5.57. The van der Waals surface area contributed by atoms with Gasteiger partial charge >= 0.3 is 6.03 Å². The van der Waals surface area contributed by atoms with Crippen LogP contribution in [0.3, 0.4) is 0 Å². The van der Waals surface area contributed by atoms with Gasteiger partial charge in [0.1, 0.15) is 16.7 Å². The predicted molar refractivity (Wildman–Crippen MR) is 69.9 cm³/mol. The minimum absolute atomic E-state index is 0.135. The Balaban J connectivity index is 2.25. The Morgan fingerprint density at radius 1 is 1.60 bits per heavy atom. The maximum Gasteiger partial charge on any atom is 0.328 e. The molecule has 0 aromatic heterocycles. The van der Waals surface area contributed by atoms with Gasteiger partial charge in [-0.1, -0.05) is 15.9 Å². The summed E-state index contributed by atoms with van der Waals surface area (Å²) >= 11 is 3.25. The first kappa shape index (κ1) is 15.6. The number of urea groups is 1. The van der Waals surface area contributed by atoms with Crippen LogP contribution in [-0.2, 0) is 14.3 Å². The lowest BCUT2D eigenvalue weighted by molar-refractivity contribution is -0.153. The van der Waals surface area contributed by atoms with Gasteiger partial charge in [0.05, 0.1) is 12.7 Å². The van der Waals surface area contributed by atoms with Gasteiger partial charge in [0.15, 0.2) is 6.23 Å². The van der Waals surface area contributed by atoms with Gasteiger partial charge < -0.3 is 19.7 Å². The zero-order valence-corrected chi connectivity index (χ0v) is 12.7. The number of amides is 3. The van der Waals surface area contributed by atoms with E-state index in [0.717, 1.165) is 0 Å². The van der Waals surface area contributed by atoms with E-state index in [1.165, 1.54) is 12.0 Å². The number of rotatable bonds is 3. The standard InChI is InChI=1S/C11H17BrN2O6/c1-11(12)8(17)13-10(18)14(9(11)19-2)7-3-5(16)6(4-15)20-7/h5-7,9,15-16H,3-4H2,1-2H3,(H,13,17,18)/t5?,6-,7-,9-,11+/m1/s1. The first-order chi connectivity index (χ1) is 9.32. The van der Waals surface area contributed by atoms with E-state index < -0.39 is 40.9 Å². The van der Waals surface area contributed by atoms with Crippen LogP contribution in [-0.4, -0.2) is 69.8 Å². The molecular formula is C11H17BrN2O6. The molecule has 0 aromatic rings. The summed E-state index contributed by atoms with van der Waals surface area (Å²) < 4.78 is 9.56. The van der Waals surface area contributed by atoms with Crippen LogP contribution in [0.25, 0.3) is 0 Å². The molecule has 8 nitrogen and oxygen atoms in total. The lowest BCUT2D eigenvalue weighted by Gasteiger charge is -2.44. The van der Waals surface area contributed by atoms with E-state index in [1.54, 1.807) is 6.92 Å². The number of carbonyl (C=O) groups excluding carboxylic acids is 2. The molecule has 2 aliphatic rings. The van der Waals surface area contributed by atoms with Crippen LogP contribution >= 0.6 is 15.9 Å². The lowest BCUT2D eigenvalue weighted by atomic mass is 10.0. The SMILES string of the molecule is CO[C@H]1N([C@H]2CC(O)[C@@H](CO)O2)C(=O)NC(=O)[C@]1(C)Br. The highest BCUT2D eigenvalue weighted by Crippen LogP contribution is 2.35. The van der Waals surface area contributed by atoms with Crippen molar-refractivity contribution in [1.82, 2.24) is 10.2 Å². The van der Waals surface area contributed by atoms with E-state index in [9.17, 15) is 14.7 Å². The quantitative estimate of drug-likeness (QED) is 0.570. The van der Waals surface area contributed by atoms with E-state index >= 15 is 0 Å². The Hall–Kier alpha value is -0.740. The fourth-order valence-electron chi connectivity index (χ4n) is 2.43. The molecule has 2 heterocycles. The highest BCUT2D eigenvalue weighted by molar-refractivity contribution is 9.10. The molecule has 2 fully saturated rings. The van der Waals surface area contributed by atoms with Gasteiger partial charge in [-0.15, -0.1) is 0 Å². The van der Waals surface area contributed by atoms with Gasteiger partial charge in [-0.3, -0.25) is 15.0 Å². The summed E-state index contributed by atoms with van der Waals surface area (Å²) in [5, 5.41) is 21.0. The lowest BCUT2D eigenvalue weighted by Crippen LogP contribution is -2.69. The van der Waals surface area contributed by atoms with Crippen molar-refractivity contribution >= 4 is 27.9 Å². The topological polar surface area (TPSA) is 108 Å². The number of alkyl halides is 1. The first-order valence-corrected chi connectivity index (χ1v) is 6.92. The molecule has 2 rings (SSSR count). The third-order valence-corrected chi connectivity index (χ3v) is 4.28. The number of nitrogens with one attached hydrogen (secondary N) is 1. The van der Waals surface area contributed by atoms with Crippen molar-refractivity contribution in [2.75, 3.05) is 13.7 Å². The van der Waals surface area contributed by atoms with Crippen LogP contribution in [0.5, 0.6) is 0 Å². The molecule has 1 unspecified atom stereocenters. The van der Waals surface area contributed by atoms with Crippen LogP contribution in [0.1, 0.15) is 13.3 Å². The third kappa shape index (κ3) is 2.44. The summed E-state index contributed by atoms with van der Waals surface area (Å²) in [4.78, 5) is 25.1. The van der Waals surface area contributed by atoms with E-state index in [0.29, 0.717) is 0 Å². The summed E-state index contributed by atoms with van der Waals surface area (Å²) in [6, 6.07) is -0.658. The molecule has 0 aromatic carbocycles. The smallest absolute Gasteiger partial charge is 0.328 e. The van der Waals surface area contributed by atoms with E-state index in [2.05, 4.69) is 21.2 Å². The number of imide groups is 1. The number of aliphatic hydroxyl groups is 2. The minimum atomic E-state index is -1.14. The molecule has 20 heavy (non-hydrogen) atoms. The molecule has 2 aliphatic heterocycles. The molecule has 0 saturated carbocycles. The van der Waals surface area contributed by atoms with Crippen LogP contribution < -0.4 is 5.32 Å². The van der Waals surface area contributed by atoms with Crippen molar-refractivity contribution in [1.29, 1.82) is 0 Å². The molecule has 0 aliphatic carbocycles. The molecule has 3 amide bonds. The average molecular weight is 353 g/mol. The van der Waals surface area contributed by atoms with Crippen molar-refractivity contribution in [3.63, 3.8) is 0 Å². The average Bonchev–Trinajstić information content (AvgIpc) is 2.74. The molecule has 0 radical (unpaired) electrons. The number of methoxy groups -OCH3 is 1. The first-order valence-electron chi connectivity index (χ1n) is 6.12. The Bertz CT molecular complexity index is 418. The van der Waals surface area contributed by atoms with Crippen molar-refractivity contribution in [3.8, 4) is 0 Å². The summed E-state index contributed by atoms with van der Waals surface area (Å²) in [5.74, 6) is -0.511. The Kier molecular flexibility index (Phi) is 4.35. The highest BCUT2D eigenvalue weighted by atomic mass is 79.9. The normalized spacial score (nSPS) is 42.0. The number of ether oxygens (including phenoxy) is 2. The van der Waals surface area contributed by atoms with Crippen LogP contribution in [0, 0.1) is 0 Å². The monoisotopic (exact) mass is 352 g/mol. The molecule has 9 heteroatoms. The number of halogens is 1. The summed E-state index contributed by atoms with van der Waals surface area (Å²) in [5.41, 5.74) is 0. The number of nitrogens with zero attached hydrogens (tertiary/aromatic N) is 1. The van der Waals surface area contributed by atoms with Gasteiger partial charge in [-0.05, 0) is 6.92 Å².